The molecule has 1 amide bonds. The predicted molar refractivity (Wildman–Crippen MR) is 93.0 cm³/mol. The Morgan fingerprint density at radius 1 is 1.21 bits per heavy atom. The second kappa shape index (κ2) is 8.49. The summed E-state index contributed by atoms with van der Waals surface area (Å²) in [4.78, 5) is 26.7. The van der Waals surface area contributed by atoms with Crippen LogP contribution in [0.2, 0.25) is 0 Å². The zero-order chi connectivity index (χ0) is 16.8. The molecule has 0 bridgehead atoms. The van der Waals surface area contributed by atoms with E-state index in [1.54, 1.807) is 0 Å². The van der Waals surface area contributed by atoms with Gasteiger partial charge in [0.05, 0.1) is 6.61 Å². The molecule has 132 valence electrons. The largest absolute Gasteiger partial charge is 0.340 e. The molecule has 1 aromatic carbocycles. The standard InChI is InChI=1S/C19H28N2O3/c1-2-19(22)21-12-10-20(11-13-21)9-3-5-16-7-8-17-6-4-14-23-24-18(17)15-16/h7-8,15H,2-6,9-14H2,1H3. The van der Waals surface area contributed by atoms with Crippen molar-refractivity contribution in [2.45, 2.75) is 39.0 Å². The third-order valence-corrected chi connectivity index (χ3v) is 4.92. The molecule has 0 aromatic heterocycles. The molecule has 1 fully saturated rings. The van der Waals surface area contributed by atoms with Crippen LogP contribution in [0.4, 0.5) is 0 Å². The zero-order valence-electron chi connectivity index (χ0n) is 14.6. The lowest BCUT2D eigenvalue weighted by Crippen LogP contribution is -2.48. The highest BCUT2D eigenvalue weighted by atomic mass is 17.2. The molecule has 0 aliphatic carbocycles. The van der Waals surface area contributed by atoms with Crippen LogP contribution in [-0.4, -0.2) is 55.0 Å². The average Bonchev–Trinajstić information content (AvgIpc) is 2.86. The van der Waals surface area contributed by atoms with E-state index in [4.69, 9.17) is 9.78 Å². The van der Waals surface area contributed by atoms with Gasteiger partial charge in [0.2, 0.25) is 5.91 Å². The van der Waals surface area contributed by atoms with E-state index in [2.05, 4.69) is 23.1 Å². The van der Waals surface area contributed by atoms with Gasteiger partial charge in [-0.1, -0.05) is 19.1 Å². The summed E-state index contributed by atoms with van der Waals surface area (Å²) in [6, 6.07) is 6.51. The zero-order valence-corrected chi connectivity index (χ0v) is 14.6. The lowest BCUT2D eigenvalue weighted by Gasteiger charge is -2.34. The van der Waals surface area contributed by atoms with Crippen LogP contribution in [0.15, 0.2) is 18.2 Å². The van der Waals surface area contributed by atoms with Crippen molar-refractivity contribution < 1.29 is 14.6 Å². The van der Waals surface area contributed by atoms with E-state index in [-0.39, 0.29) is 5.91 Å². The first kappa shape index (κ1) is 17.2. The fourth-order valence-corrected chi connectivity index (χ4v) is 3.42. The van der Waals surface area contributed by atoms with Crippen molar-refractivity contribution in [3.8, 4) is 5.75 Å². The van der Waals surface area contributed by atoms with Crippen LogP contribution in [0, 0.1) is 0 Å². The third-order valence-electron chi connectivity index (χ3n) is 4.92. The summed E-state index contributed by atoms with van der Waals surface area (Å²) in [5.41, 5.74) is 2.55. The molecule has 0 atom stereocenters. The Morgan fingerprint density at radius 2 is 2.04 bits per heavy atom. The highest BCUT2D eigenvalue weighted by Crippen LogP contribution is 2.25. The molecule has 0 N–H and O–H groups in total. The molecular formula is C19H28N2O3. The van der Waals surface area contributed by atoms with Crippen molar-refractivity contribution >= 4 is 5.91 Å². The van der Waals surface area contributed by atoms with Crippen LogP contribution in [0.3, 0.4) is 0 Å². The molecule has 0 saturated carbocycles. The monoisotopic (exact) mass is 332 g/mol. The van der Waals surface area contributed by atoms with Crippen molar-refractivity contribution in [1.29, 1.82) is 0 Å². The van der Waals surface area contributed by atoms with Crippen LogP contribution >= 0.6 is 0 Å². The lowest BCUT2D eigenvalue weighted by atomic mass is 10.0. The Morgan fingerprint density at radius 3 is 2.83 bits per heavy atom. The van der Waals surface area contributed by atoms with Gasteiger partial charge < -0.3 is 9.79 Å². The van der Waals surface area contributed by atoms with Gasteiger partial charge in [0.1, 0.15) is 0 Å². The molecule has 0 spiro atoms. The number of hydrogen-bond acceptors (Lipinski definition) is 4. The number of carbonyl (C=O) groups excluding carboxylic acids is 1. The minimum atomic E-state index is 0.279. The maximum Gasteiger partial charge on any atom is 0.222 e. The number of rotatable bonds is 5. The lowest BCUT2D eigenvalue weighted by molar-refractivity contribution is -0.203. The number of amides is 1. The van der Waals surface area contributed by atoms with Crippen LogP contribution in [-0.2, 0) is 22.5 Å². The van der Waals surface area contributed by atoms with Crippen molar-refractivity contribution in [1.82, 2.24) is 9.80 Å². The first-order chi connectivity index (χ1) is 11.8. The number of fused-ring (bicyclic) bond motifs is 1. The maximum atomic E-state index is 11.7. The van der Waals surface area contributed by atoms with Crippen molar-refractivity contribution in [3.63, 3.8) is 0 Å². The number of carbonyl (C=O) groups is 1. The molecule has 3 rings (SSSR count). The van der Waals surface area contributed by atoms with E-state index in [0.29, 0.717) is 13.0 Å². The molecular weight excluding hydrogens is 304 g/mol. The van der Waals surface area contributed by atoms with Crippen molar-refractivity contribution in [3.05, 3.63) is 29.3 Å². The third kappa shape index (κ3) is 4.48. The van der Waals surface area contributed by atoms with Gasteiger partial charge in [0, 0.05) is 32.6 Å². The summed E-state index contributed by atoms with van der Waals surface area (Å²) in [5.74, 6) is 1.17. The number of nitrogens with zero attached hydrogens (tertiary/aromatic N) is 2. The van der Waals surface area contributed by atoms with Gasteiger partial charge in [-0.3, -0.25) is 9.69 Å². The highest BCUT2D eigenvalue weighted by molar-refractivity contribution is 5.75. The molecule has 1 saturated heterocycles. The first-order valence-electron chi connectivity index (χ1n) is 9.17. The van der Waals surface area contributed by atoms with Gasteiger partial charge in [0.25, 0.3) is 0 Å². The second-order valence-corrected chi connectivity index (χ2v) is 6.63. The first-order valence-corrected chi connectivity index (χ1v) is 9.17. The highest BCUT2D eigenvalue weighted by Gasteiger charge is 2.19. The molecule has 2 aliphatic rings. The molecule has 5 nitrogen and oxygen atoms in total. The molecule has 2 aliphatic heterocycles. The Bertz CT molecular complexity index is 554. The summed E-state index contributed by atoms with van der Waals surface area (Å²) in [6.45, 7) is 7.41. The minimum Gasteiger partial charge on any atom is -0.340 e. The quantitative estimate of drug-likeness (QED) is 0.777. The van der Waals surface area contributed by atoms with Crippen LogP contribution in [0.5, 0.6) is 5.75 Å². The molecule has 0 unspecified atom stereocenters. The minimum absolute atomic E-state index is 0.279. The van der Waals surface area contributed by atoms with E-state index in [1.807, 2.05) is 11.8 Å². The number of piperazine rings is 1. The Kier molecular flexibility index (Phi) is 6.10. The van der Waals surface area contributed by atoms with Crippen LogP contribution in [0.1, 0.15) is 37.3 Å². The molecule has 24 heavy (non-hydrogen) atoms. The van der Waals surface area contributed by atoms with Crippen LogP contribution < -0.4 is 4.89 Å². The smallest absolute Gasteiger partial charge is 0.222 e. The SMILES string of the molecule is CCC(=O)N1CCN(CCCc2ccc3c(c2)OOCCC3)CC1. The molecule has 1 aromatic rings. The van der Waals surface area contributed by atoms with E-state index < -0.39 is 0 Å². The van der Waals surface area contributed by atoms with E-state index in [0.717, 1.165) is 64.2 Å². The summed E-state index contributed by atoms with van der Waals surface area (Å²) >= 11 is 0. The Hall–Kier alpha value is -1.59. The fraction of sp³-hybridized carbons (Fsp3) is 0.632. The summed E-state index contributed by atoms with van der Waals surface area (Å²) in [5, 5.41) is 0. The topological polar surface area (TPSA) is 42.0 Å². The van der Waals surface area contributed by atoms with Crippen molar-refractivity contribution in [2.75, 3.05) is 39.3 Å². The van der Waals surface area contributed by atoms with E-state index >= 15 is 0 Å². The maximum absolute atomic E-state index is 11.7. The second-order valence-electron chi connectivity index (χ2n) is 6.63. The van der Waals surface area contributed by atoms with Gasteiger partial charge in [0.15, 0.2) is 5.75 Å². The Labute approximate surface area is 144 Å². The Balaban J connectivity index is 1.42. The summed E-state index contributed by atoms with van der Waals surface area (Å²) in [6.07, 6.45) is 4.82. The van der Waals surface area contributed by atoms with Crippen LogP contribution in [0.25, 0.3) is 0 Å². The number of aryl methyl sites for hydroxylation is 2. The fourth-order valence-electron chi connectivity index (χ4n) is 3.42. The van der Waals surface area contributed by atoms with Gasteiger partial charge in [-0.15, -0.1) is 0 Å². The van der Waals surface area contributed by atoms with E-state index in [9.17, 15) is 4.79 Å². The van der Waals surface area contributed by atoms with Gasteiger partial charge in [-0.2, -0.15) is 4.89 Å². The van der Waals surface area contributed by atoms with Crippen molar-refractivity contribution in [2.24, 2.45) is 0 Å². The predicted octanol–water partition coefficient (Wildman–Crippen LogP) is 2.43. The number of hydrogen-bond donors (Lipinski definition) is 0. The van der Waals surface area contributed by atoms with Gasteiger partial charge in [-0.05, 0) is 49.4 Å². The summed E-state index contributed by atoms with van der Waals surface area (Å²) < 4.78 is 0. The molecule has 0 radical (unpaired) electrons. The number of benzene rings is 1. The van der Waals surface area contributed by atoms with Gasteiger partial charge in [-0.25, -0.2) is 0 Å². The molecule has 2 heterocycles. The van der Waals surface area contributed by atoms with Gasteiger partial charge >= 0.3 is 0 Å². The summed E-state index contributed by atoms with van der Waals surface area (Å²) in [7, 11) is 0. The van der Waals surface area contributed by atoms with E-state index in [1.165, 1.54) is 11.1 Å². The average molecular weight is 332 g/mol. The normalized spacial score (nSPS) is 18.6. The molecule has 5 heteroatoms.